The van der Waals surface area contributed by atoms with E-state index in [4.69, 9.17) is 4.74 Å². The van der Waals surface area contributed by atoms with Crippen LogP contribution in [-0.4, -0.2) is 30.5 Å². The van der Waals surface area contributed by atoms with Crippen LogP contribution < -0.4 is 10.1 Å². The number of likely N-dealkylation sites (N-methyl/N-ethyl adjacent to an activating group) is 1. The first-order valence-corrected chi connectivity index (χ1v) is 7.55. The van der Waals surface area contributed by atoms with Gasteiger partial charge in [0.25, 0.3) is 0 Å². The van der Waals surface area contributed by atoms with Crippen molar-refractivity contribution in [3.05, 3.63) is 29.8 Å². The van der Waals surface area contributed by atoms with Crippen LogP contribution in [0.2, 0.25) is 0 Å². The first-order chi connectivity index (χ1) is 9.40. The zero-order valence-corrected chi connectivity index (χ0v) is 12.5. The van der Waals surface area contributed by atoms with E-state index < -0.39 is 5.51 Å². The lowest BCUT2D eigenvalue weighted by molar-refractivity contribution is -0.0329. The fraction of sp³-hybridized carbons (Fsp3) is 0.571. The summed E-state index contributed by atoms with van der Waals surface area (Å²) < 4.78 is 41.0. The van der Waals surface area contributed by atoms with Gasteiger partial charge in [-0.2, -0.15) is 13.2 Å². The molecule has 114 valence electrons. The van der Waals surface area contributed by atoms with Gasteiger partial charge in [0.05, 0.1) is 6.61 Å². The van der Waals surface area contributed by atoms with Crippen molar-refractivity contribution >= 4 is 11.8 Å². The highest BCUT2D eigenvalue weighted by Crippen LogP contribution is 2.29. The highest BCUT2D eigenvalue weighted by Gasteiger charge is 2.27. The molecule has 0 amide bonds. The second kappa shape index (κ2) is 8.42. The molecule has 1 N–H and O–H groups in total. The van der Waals surface area contributed by atoms with Crippen LogP contribution in [0, 0.1) is 0 Å². The Bertz CT molecular complexity index is 381. The summed E-state index contributed by atoms with van der Waals surface area (Å²) in [6, 6.07) is 7.88. The molecule has 20 heavy (non-hydrogen) atoms. The van der Waals surface area contributed by atoms with E-state index in [0.717, 1.165) is 13.0 Å². The van der Waals surface area contributed by atoms with Crippen molar-refractivity contribution in [1.82, 2.24) is 5.32 Å². The molecule has 0 fully saturated rings. The minimum Gasteiger partial charge on any atom is -0.493 e. The van der Waals surface area contributed by atoms with Crippen molar-refractivity contribution in [3.63, 3.8) is 0 Å². The van der Waals surface area contributed by atoms with Crippen molar-refractivity contribution in [2.45, 2.75) is 31.8 Å². The topological polar surface area (TPSA) is 21.3 Å². The zero-order valence-electron chi connectivity index (χ0n) is 11.7. The van der Waals surface area contributed by atoms with E-state index in [1.807, 2.05) is 12.1 Å². The normalized spacial score (nSPS) is 13.2. The Kier molecular flexibility index (Phi) is 7.23. The first kappa shape index (κ1) is 17.2. The van der Waals surface area contributed by atoms with Crippen LogP contribution >= 0.6 is 11.8 Å². The maximum Gasteiger partial charge on any atom is 0.441 e. The van der Waals surface area contributed by atoms with E-state index in [9.17, 15) is 13.2 Å². The smallest absolute Gasteiger partial charge is 0.441 e. The largest absolute Gasteiger partial charge is 0.493 e. The second-order valence-electron chi connectivity index (χ2n) is 4.45. The molecule has 0 saturated carbocycles. The van der Waals surface area contributed by atoms with Crippen molar-refractivity contribution < 1.29 is 17.9 Å². The van der Waals surface area contributed by atoms with Crippen LogP contribution in [0.15, 0.2) is 24.3 Å². The molecule has 2 nitrogen and oxygen atoms in total. The van der Waals surface area contributed by atoms with E-state index in [-0.39, 0.29) is 24.1 Å². The summed E-state index contributed by atoms with van der Waals surface area (Å²) in [5.74, 6) is 0.510. The number of halogens is 3. The summed E-state index contributed by atoms with van der Waals surface area (Å²) in [5.41, 5.74) is -3.01. The molecule has 1 rings (SSSR count). The third-order valence-corrected chi connectivity index (χ3v) is 3.33. The molecule has 0 radical (unpaired) electrons. The Labute approximate surface area is 122 Å². The van der Waals surface area contributed by atoms with Crippen molar-refractivity contribution in [1.29, 1.82) is 0 Å². The average molecular weight is 307 g/mol. The molecule has 1 atom stereocenters. The van der Waals surface area contributed by atoms with E-state index in [1.165, 1.54) is 5.56 Å². The summed E-state index contributed by atoms with van der Waals surface area (Å²) >= 11 is -0.0634. The molecule has 1 unspecified atom stereocenters. The summed E-state index contributed by atoms with van der Waals surface area (Å²) in [5, 5.41) is 3.32. The van der Waals surface area contributed by atoms with Crippen LogP contribution in [0.4, 0.5) is 13.2 Å². The summed E-state index contributed by atoms with van der Waals surface area (Å²) in [6.45, 7) is 5.16. The third-order valence-electron chi connectivity index (χ3n) is 2.64. The number of hydrogen-bond donors (Lipinski definition) is 1. The Morgan fingerprint density at radius 3 is 2.45 bits per heavy atom. The predicted molar refractivity (Wildman–Crippen MR) is 77.3 cm³/mol. The Hall–Kier alpha value is -0.880. The first-order valence-electron chi connectivity index (χ1n) is 6.56. The van der Waals surface area contributed by atoms with Gasteiger partial charge in [-0.1, -0.05) is 19.1 Å². The second-order valence-corrected chi connectivity index (χ2v) is 5.61. The van der Waals surface area contributed by atoms with Gasteiger partial charge in [-0.3, -0.25) is 0 Å². The lowest BCUT2D eigenvalue weighted by Crippen LogP contribution is -2.27. The Morgan fingerprint density at radius 1 is 1.25 bits per heavy atom. The fourth-order valence-electron chi connectivity index (χ4n) is 1.81. The molecule has 0 spiro atoms. The number of thioether (sulfide) groups is 1. The molecule has 0 bridgehead atoms. The van der Waals surface area contributed by atoms with Gasteiger partial charge >= 0.3 is 5.51 Å². The Balaban J connectivity index is 2.31. The van der Waals surface area contributed by atoms with Gasteiger partial charge in [0.1, 0.15) is 5.75 Å². The average Bonchev–Trinajstić information content (AvgIpc) is 2.36. The molecule has 1 aromatic carbocycles. The monoisotopic (exact) mass is 307 g/mol. The number of nitrogens with one attached hydrogen (secondary N) is 1. The van der Waals surface area contributed by atoms with Gasteiger partial charge in [0.2, 0.25) is 0 Å². The van der Waals surface area contributed by atoms with E-state index >= 15 is 0 Å². The Morgan fingerprint density at radius 2 is 1.90 bits per heavy atom. The predicted octanol–water partition coefficient (Wildman–Crippen LogP) is 3.86. The standard InChI is InChI=1S/C14H20F3NOS/c1-3-18-11(2)10-12-4-6-13(7-5-12)19-8-9-20-14(15,16)17/h4-7,11,18H,3,8-10H2,1-2H3. The molecule has 1 aromatic rings. The number of benzene rings is 1. The van der Waals surface area contributed by atoms with Gasteiger partial charge in [-0.25, -0.2) is 0 Å². The molecular weight excluding hydrogens is 287 g/mol. The molecule has 6 heteroatoms. The molecule has 0 aliphatic rings. The van der Waals surface area contributed by atoms with Gasteiger partial charge in [0.15, 0.2) is 0 Å². The van der Waals surface area contributed by atoms with Crippen LogP contribution in [0.3, 0.4) is 0 Å². The number of hydrogen-bond acceptors (Lipinski definition) is 3. The molecule has 0 saturated heterocycles. The van der Waals surface area contributed by atoms with E-state index in [1.54, 1.807) is 12.1 Å². The van der Waals surface area contributed by atoms with Gasteiger partial charge in [-0.05, 0) is 49.3 Å². The molecule has 0 aliphatic carbocycles. The van der Waals surface area contributed by atoms with Gasteiger partial charge in [-0.15, -0.1) is 0 Å². The van der Waals surface area contributed by atoms with Crippen LogP contribution in [0.5, 0.6) is 5.75 Å². The molecule has 0 aliphatic heterocycles. The van der Waals surface area contributed by atoms with Crippen LogP contribution in [-0.2, 0) is 6.42 Å². The number of ether oxygens (including phenoxy) is 1. The maximum absolute atomic E-state index is 11.9. The minimum atomic E-state index is -4.18. The summed E-state index contributed by atoms with van der Waals surface area (Å²) in [6.07, 6.45) is 0.915. The van der Waals surface area contributed by atoms with Crippen molar-refractivity contribution in [3.8, 4) is 5.75 Å². The van der Waals surface area contributed by atoms with Crippen LogP contribution in [0.1, 0.15) is 19.4 Å². The van der Waals surface area contributed by atoms with Crippen molar-refractivity contribution in [2.75, 3.05) is 18.9 Å². The molecule has 0 aromatic heterocycles. The van der Waals surface area contributed by atoms with E-state index in [0.29, 0.717) is 11.8 Å². The number of alkyl halides is 3. The maximum atomic E-state index is 11.9. The van der Waals surface area contributed by atoms with Gasteiger partial charge in [0, 0.05) is 11.8 Å². The van der Waals surface area contributed by atoms with Crippen molar-refractivity contribution in [2.24, 2.45) is 0 Å². The zero-order chi connectivity index (χ0) is 15.0. The SMILES string of the molecule is CCNC(C)Cc1ccc(OCCSC(F)(F)F)cc1. The summed E-state index contributed by atoms with van der Waals surface area (Å²) in [7, 11) is 0. The molecule has 0 heterocycles. The third kappa shape index (κ3) is 7.65. The van der Waals surface area contributed by atoms with Gasteiger partial charge < -0.3 is 10.1 Å². The fourth-order valence-corrected chi connectivity index (χ4v) is 2.21. The lowest BCUT2D eigenvalue weighted by atomic mass is 10.1. The van der Waals surface area contributed by atoms with E-state index in [2.05, 4.69) is 19.2 Å². The lowest BCUT2D eigenvalue weighted by Gasteiger charge is -2.12. The number of rotatable bonds is 8. The minimum absolute atomic E-state index is 0.0529. The highest BCUT2D eigenvalue weighted by atomic mass is 32.2. The highest BCUT2D eigenvalue weighted by molar-refractivity contribution is 8.00. The quantitative estimate of drug-likeness (QED) is 0.737. The van der Waals surface area contributed by atoms with Crippen LogP contribution in [0.25, 0.3) is 0 Å². The summed E-state index contributed by atoms with van der Waals surface area (Å²) in [4.78, 5) is 0. The molecular formula is C14H20F3NOS.